The fourth-order valence-corrected chi connectivity index (χ4v) is 1.84. The highest BCUT2D eigenvalue weighted by atomic mass is 35.5. The van der Waals surface area contributed by atoms with Crippen LogP contribution in [0.2, 0.25) is 0 Å². The Kier molecular flexibility index (Phi) is 11.1. The van der Waals surface area contributed by atoms with E-state index in [1.165, 1.54) is 0 Å². The van der Waals surface area contributed by atoms with Crippen molar-refractivity contribution >= 4 is 36.6 Å². The molecular weight excluding hydrogens is 299 g/mol. The zero-order valence-electron chi connectivity index (χ0n) is 11.8. The van der Waals surface area contributed by atoms with Gasteiger partial charge < -0.3 is 10.6 Å². The molecule has 0 bridgehead atoms. The molecule has 4 nitrogen and oxygen atoms in total. The summed E-state index contributed by atoms with van der Waals surface area (Å²) in [5.74, 6) is -0.552. The highest BCUT2D eigenvalue weighted by Crippen LogP contribution is 2.09. The van der Waals surface area contributed by atoms with Crippen molar-refractivity contribution in [3.63, 3.8) is 0 Å². The second kappa shape index (κ2) is 10.5. The molecule has 0 atom stereocenters. The van der Waals surface area contributed by atoms with E-state index in [1.54, 1.807) is 29.2 Å². The van der Waals surface area contributed by atoms with Gasteiger partial charge in [-0.2, -0.15) is 0 Å². The van der Waals surface area contributed by atoms with Crippen molar-refractivity contribution in [3.05, 3.63) is 35.4 Å². The maximum atomic E-state index is 12.3. The number of primary amides is 1. The normalized spacial score (nSPS) is 9.10. The van der Waals surface area contributed by atoms with Gasteiger partial charge >= 0.3 is 0 Å². The van der Waals surface area contributed by atoms with Crippen molar-refractivity contribution in [2.75, 3.05) is 13.1 Å². The molecule has 0 unspecified atom stereocenters. The van der Waals surface area contributed by atoms with Crippen LogP contribution >= 0.6 is 24.8 Å². The SMILES string of the molecule is CCCN(CCC)C(=O)c1cccc(C(N)=O)c1.Cl.Cl. The van der Waals surface area contributed by atoms with Crippen LogP contribution in [0.3, 0.4) is 0 Å². The topological polar surface area (TPSA) is 63.4 Å². The standard InChI is InChI=1S/C14H20N2O2.2ClH/c1-3-8-16(9-4-2)14(18)12-7-5-6-11(10-12)13(15)17;;/h5-7,10H,3-4,8-9H2,1-2H3,(H2,15,17);2*1H. The minimum atomic E-state index is -0.512. The first-order chi connectivity index (χ1) is 8.60. The number of halogens is 2. The van der Waals surface area contributed by atoms with E-state index in [9.17, 15) is 9.59 Å². The van der Waals surface area contributed by atoms with E-state index >= 15 is 0 Å². The average Bonchev–Trinajstić information content (AvgIpc) is 2.38. The molecule has 1 aromatic carbocycles. The Balaban J connectivity index is 0. The van der Waals surface area contributed by atoms with E-state index in [4.69, 9.17) is 5.73 Å². The van der Waals surface area contributed by atoms with E-state index in [0.717, 1.165) is 25.9 Å². The molecule has 0 aliphatic rings. The number of carbonyl (C=O) groups excluding carboxylic acids is 2. The summed E-state index contributed by atoms with van der Waals surface area (Å²) in [4.78, 5) is 25.2. The number of hydrogen-bond donors (Lipinski definition) is 1. The summed E-state index contributed by atoms with van der Waals surface area (Å²) in [5, 5.41) is 0. The molecule has 2 amide bonds. The number of hydrogen-bond acceptors (Lipinski definition) is 2. The van der Waals surface area contributed by atoms with Gasteiger partial charge in [0.15, 0.2) is 0 Å². The fourth-order valence-electron chi connectivity index (χ4n) is 1.84. The summed E-state index contributed by atoms with van der Waals surface area (Å²) >= 11 is 0. The van der Waals surface area contributed by atoms with Gasteiger partial charge in [0, 0.05) is 24.2 Å². The van der Waals surface area contributed by atoms with Crippen molar-refractivity contribution < 1.29 is 9.59 Å². The monoisotopic (exact) mass is 320 g/mol. The predicted octanol–water partition coefficient (Wildman–Crippen LogP) is 2.89. The molecule has 0 aliphatic heterocycles. The van der Waals surface area contributed by atoms with Crippen LogP contribution in [-0.4, -0.2) is 29.8 Å². The van der Waals surface area contributed by atoms with E-state index in [2.05, 4.69) is 0 Å². The summed E-state index contributed by atoms with van der Waals surface area (Å²) < 4.78 is 0. The third-order valence-corrected chi connectivity index (χ3v) is 2.67. The molecule has 114 valence electrons. The van der Waals surface area contributed by atoms with Crippen molar-refractivity contribution in [2.24, 2.45) is 5.73 Å². The van der Waals surface area contributed by atoms with E-state index in [-0.39, 0.29) is 30.7 Å². The minimum Gasteiger partial charge on any atom is -0.366 e. The number of carbonyl (C=O) groups is 2. The molecule has 0 aliphatic carbocycles. The van der Waals surface area contributed by atoms with Gasteiger partial charge in [0.25, 0.3) is 5.91 Å². The minimum absolute atomic E-state index is 0. The van der Waals surface area contributed by atoms with Crippen LogP contribution in [0.1, 0.15) is 47.4 Å². The van der Waals surface area contributed by atoms with Crippen molar-refractivity contribution in [3.8, 4) is 0 Å². The molecule has 20 heavy (non-hydrogen) atoms. The first-order valence-corrected chi connectivity index (χ1v) is 6.29. The van der Waals surface area contributed by atoms with Crippen LogP contribution in [0.25, 0.3) is 0 Å². The van der Waals surface area contributed by atoms with E-state index in [0.29, 0.717) is 11.1 Å². The van der Waals surface area contributed by atoms with Gasteiger partial charge in [0.05, 0.1) is 0 Å². The van der Waals surface area contributed by atoms with Crippen molar-refractivity contribution in [1.29, 1.82) is 0 Å². The Bertz CT molecular complexity index is 433. The predicted molar refractivity (Wildman–Crippen MR) is 85.9 cm³/mol. The number of rotatable bonds is 6. The summed E-state index contributed by atoms with van der Waals surface area (Å²) in [6, 6.07) is 6.57. The van der Waals surface area contributed by atoms with E-state index < -0.39 is 5.91 Å². The zero-order valence-corrected chi connectivity index (χ0v) is 13.4. The highest BCUT2D eigenvalue weighted by Gasteiger charge is 2.15. The molecule has 2 N–H and O–H groups in total. The summed E-state index contributed by atoms with van der Waals surface area (Å²) in [6.45, 7) is 5.53. The first kappa shape index (κ1) is 21.0. The molecule has 0 saturated heterocycles. The van der Waals surface area contributed by atoms with Gasteiger partial charge in [-0.05, 0) is 31.0 Å². The lowest BCUT2D eigenvalue weighted by Gasteiger charge is -2.21. The maximum absolute atomic E-state index is 12.3. The van der Waals surface area contributed by atoms with Gasteiger partial charge in [-0.1, -0.05) is 19.9 Å². The summed E-state index contributed by atoms with van der Waals surface area (Å²) in [7, 11) is 0. The lowest BCUT2D eigenvalue weighted by molar-refractivity contribution is 0.0755. The molecule has 0 radical (unpaired) electrons. The number of nitrogens with zero attached hydrogens (tertiary/aromatic N) is 1. The Morgan fingerprint density at radius 1 is 1.05 bits per heavy atom. The molecule has 1 aromatic rings. The molecule has 0 aromatic heterocycles. The van der Waals surface area contributed by atoms with Crippen LogP contribution < -0.4 is 5.73 Å². The van der Waals surface area contributed by atoms with Gasteiger partial charge in [-0.15, -0.1) is 24.8 Å². The van der Waals surface area contributed by atoms with Crippen molar-refractivity contribution in [2.45, 2.75) is 26.7 Å². The molecule has 0 saturated carbocycles. The quantitative estimate of drug-likeness (QED) is 0.875. The lowest BCUT2D eigenvalue weighted by atomic mass is 10.1. The number of amides is 2. The molecule has 0 fully saturated rings. The molecule has 6 heteroatoms. The van der Waals surface area contributed by atoms with Gasteiger partial charge in [-0.3, -0.25) is 9.59 Å². The Morgan fingerprint density at radius 3 is 2.00 bits per heavy atom. The second-order valence-corrected chi connectivity index (χ2v) is 4.24. The Labute approximate surface area is 132 Å². The summed E-state index contributed by atoms with van der Waals surface area (Å²) in [6.07, 6.45) is 1.84. The van der Waals surface area contributed by atoms with Crippen LogP contribution in [0.4, 0.5) is 0 Å². The highest BCUT2D eigenvalue weighted by molar-refractivity contribution is 5.99. The smallest absolute Gasteiger partial charge is 0.253 e. The zero-order chi connectivity index (χ0) is 13.5. The van der Waals surface area contributed by atoms with Crippen LogP contribution in [0.15, 0.2) is 24.3 Å². The first-order valence-electron chi connectivity index (χ1n) is 6.29. The molecular formula is C14H22Cl2N2O2. The van der Waals surface area contributed by atoms with E-state index in [1.807, 2.05) is 13.8 Å². The second-order valence-electron chi connectivity index (χ2n) is 4.24. The van der Waals surface area contributed by atoms with Gasteiger partial charge in [0.2, 0.25) is 5.91 Å². The largest absolute Gasteiger partial charge is 0.366 e. The molecule has 1 rings (SSSR count). The molecule has 0 heterocycles. The average molecular weight is 321 g/mol. The third-order valence-electron chi connectivity index (χ3n) is 2.67. The van der Waals surface area contributed by atoms with Crippen molar-refractivity contribution in [1.82, 2.24) is 4.90 Å². The van der Waals surface area contributed by atoms with Crippen LogP contribution in [-0.2, 0) is 0 Å². The maximum Gasteiger partial charge on any atom is 0.253 e. The number of nitrogens with two attached hydrogens (primary N) is 1. The Hall–Kier alpha value is -1.26. The van der Waals surface area contributed by atoms with Gasteiger partial charge in [0.1, 0.15) is 0 Å². The van der Waals surface area contributed by atoms with Crippen LogP contribution in [0, 0.1) is 0 Å². The fraction of sp³-hybridized carbons (Fsp3) is 0.429. The third kappa shape index (κ3) is 5.80. The molecule has 0 spiro atoms. The number of benzene rings is 1. The lowest BCUT2D eigenvalue weighted by Crippen LogP contribution is -2.32. The van der Waals surface area contributed by atoms with Crippen LogP contribution in [0.5, 0.6) is 0 Å². The Morgan fingerprint density at radius 2 is 1.55 bits per heavy atom. The van der Waals surface area contributed by atoms with Gasteiger partial charge in [-0.25, -0.2) is 0 Å². The summed E-state index contributed by atoms with van der Waals surface area (Å²) in [5.41, 5.74) is 6.10.